The van der Waals surface area contributed by atoms with E-state index >= 15 is 0 Å². The van der Waals surface area contributed by atoms with Crippen molar-refractivity contribution in [3.8, 4) is 0 Å². The predicted octanol–water partition coefficient (Wildman–Crippen LogP) is 1.58. The summed E-state index contributed by atoms with van der Waals surface area (Å²) >= 11 is 0. The van der Waals surface area contributed by atoms with E-state index in [2.05, 4.69) is 10.2 Å². The second kappa shape index (κ2) is 7.20. The Balaban J connectivity index is 1.40. The minimum Gasteiger partial charge on any atom is -0.408 e. The average Bonchev–Trinajstić information content (AvgIpc) is 2.90. The quantitative estimate of drug-likeness (QED) is 0.801. The third-order valence-electron chi connectivity index (χ3n) is 5.58. The molecule has 3 aliphatic rings. The maximum absolute atomic E-state index is 12.9. The summed E-state index contributed by atoms with van der Waals surface area (Å²) in [4.78, 5) is 2.03. The highest BCUT2D eigenvalue weighted by Crippen LogP contribution is 2.36. The van der Waals surface area contributed by atoms with Gasteiger partial charge in [-0.2, -0.15) is 17.0 Å². The van der Waals surface area contributed by atoms with Crippen molar-refractivity contribution in [2.45, 2.75) is 50.9 Å². The summed E-state index contributed by atoms with van der Waals surface area (Å²) in [5, 5.41) is 8.38. The van der Waals surface area contributed by atoms with E-state index in [1.807, 2.05) is 4.90 Å². The van der Waals surface area contributed by atoms with E-state index in [0.717, 1.165) is 51.0 Å². The third-order valence-corrected chi connectivity index (χ3v) is 7.61. The summed E-state index contributed by atoms with van der Waals surface area (Å²) < 4.78 is 34.8. The van der Waals surface area contributed by atoms with Gasteiger partial charge in [-0.25, -0.2) is 0 Å². The summed E-state index contributed by atoms with van der Waals surface area (Å²) in [7, 11) is -3.34. The minimum absolute atomic E-state index is 0.421. The molecule has 9 heteroatoms. The van der Waals surface area contributed by atoms with Gasteiger partial charge in [0.05, 0.1) is 0 Å². The molecule has 1 aromatic rings. The maximum atomic E-state index is 12.9. The Kier molecular flexibility index (Phi) is 4.97. The number of nitrogens with zero attached hydrogens (tertiary/aromatic N) is 5. The first-order valence-electron chi connectivity index (χ1n) is 9.48. The summed E-state index contributed by atoms with van der Waals surface area (Å²) in [5.74, 6) is 1.16. The van der Waals surface area contributed by atoms with Crippen LogP contribution >= 0.6 is 0 Å². The molecule has 0 aromatic carbocycles. The van der Waals surface area contributed by atoms with E-state index < -0.39 is 10.2 Å². The number of anilines is 1. The molecule has 25 heavy (non-hydrogen) atoms. The van der Waals surface area contributed by atoms with Crippen LogP contribution in [0.15, 0.2) is 4.42 Å². The first-order chi connectivity index (χ1) is 12.1. The second-order valence-electron chi connectivity index (χ2n) is 7.26. The smallest absolute Gasteiger partial charge is 0.318 e. The molecular weight excluding hydrogens is 342 g/mol. The molecule has 0 unspecified atom stereocenters. The van der Waals surface area contributed by atoms with Gasteiger partial charge in [0.25, 0.3) is 10.2 Å². The molecule has 140 valence electrons. The molecule has 3 fully saturated rings. The van der Waals surface area contributed by atoms with Crippen LogP contribution in [-0.4, -0.2) is 66.5 Å². The predicted molar refractivity (Wildman–Crippen MR) is 93.6 cm³/mol. The summed E-state index contributed by atoms with van der Waals surface area (Å²) in [6.07, 6.45) is 7.31. The Morgan fingerprint density at radius 3 is 2.24 bits per heavy atom. The van der Waals surface area contributed by atoms with Crippen molar-refractivity contribution < 1.29 is 12.8 Å². The van der Waals surface area contributed by atoms with Gasteiger partial charge in [-0.05, 0) is 32.1 Å². The molecule has 4 rings (SSSR count). The van der Waals surface area contributed by atoms with Crippen LogP contribution in [0.5, 0.6) is 0 Å². The monoisotopic (exact) mass is 369 g/mol. The molecule has 8 nitrogen and oxygen atoms in total. The Bertz CT molecular complexity index is 682. The summed E-state index contributed by atoms with van der Waals surface area (Å²) in [6.45, 7) is 3.67. The van der Waals surface area contributed by atoms with Gasteiger partial charge in [-0.3, -0.25) is 0 Å². The van der Waals surface area contributed by atoms with Crippen LogP contribution in [0.25, 0.3) is 0 Å². The fourth-order valence-electron chi connectivity index (χ4n) is 3.75. The Hall–Kier alpha value is -1.19. The molecule has 0 bridgehead atoms. The Labute approximate surface area is 149 Å². The van der Waals surface area contributed by atoms with Crippen molar-refractivity contribution in [3.05, 3.63) is 5.89 Å². The van der Waals surface area contributed by atoms with Crippen LogP contribution in [-0.2, 0) is 10.2 Å². The molecule has 2 aliphatic heterocycles. The molecule has 0 N–H and O–H groups in total. The standard InChI is InChI=1S/C16H27N5O3S/c22-25(23,20-9-2-1-3-10-20)21-11-5-8-19(12-13-21)16-18-17-15(24-16)14-6-4-7-14/h14H,1-13H2. The molecule has 3 heterocycles. The van der Waals surface area contributed by atoms with Crippen molar-refractivity contribution in [1.29, 1.82) is 0 Å². The van der Waals surface area contributed by atoms with E-state index in [0.29, 0.717) is 44.7 Å². The fraction of sp³-hybridized carbons (Fsp3) is 0.875. The lowest BCUT2D eigenvalue weighted by Gasteiger charge is -2.31. The van der Waals surface area contributed by atoms with E-state index in [9.17, 15) is 8.42 Å². The number of hydrogen-bond acceptors (Lipinski definition) is 6. The second-order valence-corrected chi connectivity index (χ2v) is 9.19. The zero-order chi connectivity index (χ0) is 17.3. The molecule has 0 atom stereocenters. The Morgan fingerprint density at radius 2 is 1.52 bits per heavy atom. The number of rotatable bonds is 4. The number of piperidine rings is 1. The molecule has 2 saturated heterocycles. The highest BCUT2D eigenvalue weighted by Gasteiger charge is 2.33. The van der Waals surface area contributed by atoms with Crippen molar-refractivity contribution in [1.82, 2.24) is 18.8 Å². The van der Waals surface area contributed by atoms with Crippen molar-refractivity contribution in [2.24, 2.45) is 0 Å². The molecule has 1 aromatic heterocycles. The first kappa shape index (κ1) is 17.2. The maximum Gasteiger partial charge on any atom is 0.318 e. The van der Waals surface area contributed by atoms with E-state index in [1.54, 1.807) is 8.61 Å². The third kappa shape index (κ3) is 3.54. The van der Waals surface area contributed by atoms with Crippen molar-refractivity contribution in [2.75, 3.05) is 44.2 Å². The van der Waals surface area contributed by atoms with Crippen LogP contribution in [0.2, 0.25) is 0 Å². The van der Waals surface area contributed by atoms with E-state index in [4.69, 9.17) is 4.42 Å². The zero-order valence-corrected chi connectivity index (χ0v) is 15.5. The molecule has 0 amide bonds. The molecule has 1 saturated carbocycles. The highest BCUT2D eigenvalue weighted by molar-refractivity contribution is 7.86. The van der Waals surface area contributed by atoms with Crippen molar-refractivity contribution >= 4 is 16.2 Å². The molecular formula is C16H27N5O3S. The van der Waals surface area contributed by atoms with Crippen molar-refractivity contribution in [3.63, 3.8) is 0 Å². The largest absolute Gasteiger partial charge is 0.408 e. The lowest BCUT2D eigenvalue weighted by Crippen LogP contribution is -2.47. The lowest BCUT2D eigenvalue weighted by molar-refractivity contribution is 0.307. The lowest BCUT2D eigenvalue weighted by atomic mass is 9.85. The van der Waals surface area contributed by atoms with Gasteiger partial charge < -0.3 is 9.32 Å². The molecule has 0 radical (unpaired) electrons. The van der Waals surface area contributed by atoms with Gasteiger partial charge in [0.15, 0.2) is 0 Å². The van der Waals surface area contributed by atoms with Crippen LogP contribution in [0.4, 0.5) is 6.01 Å². The molecule has 0 spiro atoms. The van der Waals surface area contributed by atoms with E-state index in [-0.39, 0.29) is 0 Å². The van der Waals surface area contributed by atoms with Crippen LogP contribution in [0, 0.1) is 0 Å². The first-order valence-corrected chi connectivity index (χ1v) is 10.9. The van der Waals surface area contributed by atoms with Crippen LogP contribution in [0.3, 0.4) is 0 Å². The average molecular weight is 369 g/mol. The van der Waals surface area contributed by atoms with Gasteiger partial charge in [0, 0.05) is 45.2 Å². The van der Waals surface area contributed by atoms with Gasteiger partial charge in [-0.15, -0.1) is 5.10 Å². The van der Waals surface area contributed by atoms with Gasteiger partial charge in [0.1, 0.15) is 0 Å². The number of hydrogen-bond donors (Lipinski definition) is 0. The summed E-state index contributed by atoms with van der Waals surface area (Å²) in [6, 6.07) is 0.541. The van der Waals surface area contributed by atoms with Gasteiger partial charge >= 0.3 is 6.01 Å². The Morgan fingerprint density at radius 1 is 0.800 bits per heavy atom. The SMILES string of the molecule is O=S(=O)(N1CCCCC1)N1CCCN(c2nnc(C3CCC3)o2)CC1. The normalized spacial score (nSPS) is 24.9. The topological polar surface area (TPSA) is 82.8 Å². The van der Waals surface area contributed by atoms with E-state index in [1.165, 1.54) is 6.42 Å². The minimum atomic E-state index is -3.34. The number of aromatic nitrogens is 2. The zero-order valence-electron chi connectivity index (χ0n) is 14.6. The van der Waals surface area contributed by atoms with Gasteiger partial charge in [-0.1, -0.05) is 17.9 Å². The highest BCUT2D eigenvalue weighted by atomic mass is 32.2. The molecule has 1 aliphatic carbocycles. The van der Waals surface area contributed by atoms with Crippen LogP contribution < -0.4 is 4.90 Å². The summed E-state index contributed by atoms with van der Waals surface area (Å²) in [5.41, 5.74) is 0. The fourth-order valence-corrected chi connectivity index (χ4v) is 5.47. The van der Waals surface area contributed by atoms with Crippen LogP contribution in [0.1, 0.15) is 56.8 Å². The van der Waals surface area contributed by atoms with Gasteiger partial charge in [0.2, 0.25) is 5.89 Å².